The molecule has 1 atom stereocenters. The molecule has 1 heterocycles. The van der Waals surface area contributed by atoms with Gasteiger partial charge in [-0.3, -0.25) is 9.59 Å². The lowest BCUT2D eigenvalue weighted by molar-refractivity contribution is -0.174. The van der Waals surface area contributed by atoms with Crippen molar-refractivity contribution in [1.29, 1.82) is 0 Å². The van der Waals surface area contributed by atoms with Crippen LogP contribution in [0.4, 0.5) is 0 Å². The smallest absolute Gasteiger partial charge is 0.329 e. The van der Waals surface area contributed by atoms with Crippen molar-refractivity contribution in [3.63, 3.8) is 0 Å². The SMILES string of the molecule is CC1=CCC(C(=O)ON2C(=O)c3ccccc3C2=O)CC1. The van der Waals surface area contributed by atoms with Crippen LogP contribution < -0.4 is 0 Å². The van der Waals surface area contributed by atoms with Gasteiger partial charge in [0.15, 0.2) is 0 Å². The van der Waals surface area contributed by atoms with Gasteiger partial charge in [-0.05, 0) is 38.3 Å². The number of hydroxylamine groups is 2. The Hall–Kier alpha value is -2.43. The van der Waals surface area contributed by atoms with E-state index in [0.29, 0.717) is 17.9 Å². The molecule has 0 aromatic heterocycles. The summed E-state index contributed by atoms with van der Waals surface area (Å²) in [5.41, 5.74) is 1.80. The highest BCUT2D eigenvalue weighted by atomic mass is 16.7. The number of rotatable bonds is 2. The van der Waals surface area contributed by atoms with Crippen LogP contribution in [-0.4, -0.2) is 22.8 Å². The maximum Gasteiger partial charge on any atom is 0.336 e. The van der Waals surface area contributed by atoms with E-state index in [1.54, 1.807) is 24.3 Å². The lowest BCUT2D eigenvalue weighted by Crippen LogP contribution is -2.35. The van der Waals surface area contributed by atoms with Gasteiger partial charge in [-0.25, -0.2) is 4.79 Å². The number of nitrogens with zero attached hydrogens (tertiary/aromatic N) is 1. The summed E-state index contributed by atoms with van der Waals surface area (Å²) in [7, 11) is 0. The lowest BCUT2D eigenvalue weighted by atomic mass is 9.90. The average molecular weight is 285 g/mol. The van der Waals surface area contributed by atoms with Crippen LogP contribution in [0.15, 0.2) is 35.9 Å². The average Bonchev–Trinajstić information content (AvgIpc) is 2.73. The summed E-state index contributed by atoms with van der Waals surface area (Å²) in [6.07, 6.45) is 4.11. The molecule has 108 valence electrons. The highest BCUT2D eigenvalue weighted by Gasteiger charge is 2.39. The van der Waals surface area contributed by atoms with Crippen molar-refractivity contribution in [2.75, 3.05) is 0 Å². The van der Waals surface area contributed by atoms with Crippen LogP contribution in [-0.2, 0) is 9.63 Å². The molecule has 2 amide bonds. The van der Waals surface area contributed by atoms with Gasteiger partial charge in [-0.1, -0.05) is 28.8 Å². The summed E-state index contributed by atoms with van der Waals surface area (Å²) in [5, 5.41) is 0.582. The third kappa shape index (κ3) is 2.35. The highest BCUT2D eigenvalue weighted by molar-refractivity contribution is 6.20. The monoisotopic (exact) mass is 285 g/mol. The van der Waals surface area contributed by atoms with E-state index in [-0.39, 0.29) is 17.0 Å². The first-order chi connectivity index (χ1) is 10.1. The molecule has 3 rings (SSSR count). The van der Waals surface area contributed by atoms with E-state index < -0.39 is 17.8 Å². The first kappa shape index (κ1) is 13.5. The van der Waals surface area contributed by atoms with Crippen molar-refractivity contribution in [2.45, 2.75) is 26.2 Å². The zero-order valence-corrected chi connectivity index (χ0v) is 11.7. The van der Waals surface area contributed by atoms with Crippen molar-refractivity contribution in [2.24, 2.45) is 5.92 Å². The Morgan fingerprint density at radius 3 is 2.33 bits per heavy atom. The van der Waals surface area contributed by atoms with E-state index in [1.165, 1.54) is 5.57 Å². The number of imide groups is 1. The predicted octanol–water partition coefficient (Wildman–Crippen LogP) is 2.49. The van der Waals surface area contributed by atoms with E-state index in [2.05, 4.69) is 0 Å². The molecule has 1 aliphatic heterocycles. The van der Waals surface area contributed by atoms with E-state index in [4.69, 9.17) is 4.84 Å². The molecular formula is C16H15NO4. The molecule has 5 nitrogen and oxygen atoms in total. The van der Waals surface area contributed by atoms with Crippen LogP contribution in [0.1, 0.15) is 46.9 Å². The molecule has 5 heteroatoms. The minimum atomic E-state index is -0.577. The van der Waals surface area contributed by atoms with Crippen LogP contribution in [0.25, 0.3) is 0 Å². The maximum atomic E-state index is 12.1. The molecule has 1 aromatic carbocycles. The van der Waals surface area contributed by atoms with Crippen molar-refractivity contribution >= 4 is 17.8 Å². The second-order valence-electron chi connectivity index (χ2n) is 5.38. The zero-order chi connectivity index (χ0) is 15.0. The second kappa shape index (κ2) is 5.16. The molecule has 0 radical (unpaired) electrons. The number of carbonyl (C=O) groups excluding carboxylic acids is 3. The van der Waals surface area contributed by atoms with Crippen LogP contribution in [0, 0.1) is 5.92 Å². The van der Waals surface area contributed by atoms with Gasteiger partial charge in [0.2, 0.25) is 0 Å². The fourth-order valence-electron chi connectivity index (χ4n) is 2.59. The fraction of sp³-hybridized carbons (Fsp3) is 0.312. The van der Waals surface area contributed by atoms with Gasteiger partial charge in [-0.2, -0.15) is 0 Å². The van der Waals surface area contributed by atoms with E-state index >= 15 is 0 Å². The van der Waals surface area contributed by atoms with Crippen molar-refractivity contribution < 1.29 is 19.2 Å². The van der Waals surface area contributed by atoms with Gasteiger partial charge in [0.1, 0.15) is 0 Å². The Morgan fingerprint density at radius 1 is 1.19 bits per heavy atom. The molecule has 0 fully saturated rings. The topological polar surface area (TPSA) is 63.7 Å². The number of allylic oxidation sites excluding steroid dienone is 2. The van der Waals surface area contributed by atoms with Gasteiger partial charge < -0.3 is 4.84 Å². The quantitative estimate of drug-likeness (QED) is 0.618. The molecule has 0 N–H and O–H groups in total. The number of amides is 2. The van der Waals surface area contributed by atoms with Crippen molar-refractivity contribution in [1.82, 2.24) is 5.06 Å². The van der Waals surface area contributed by atoms with Crippen LogP contribution in [0.3, 0.4) is 0 Å². The van der Waals surface area contributed by atoms with Gasteiger partial charge in [0.05, 0.1) is 17.0 Å². The molecule has 2 aliphatic rings. The molecule has 0 spiro atoms. The van der Waals surface area contributed by atoms with Crippen LogP contribution >= 0.6 is 0 Å². The minimum absolute atomic E-state index is 0.273. The molecule has 0 saturated carbocycles. The highest BCUT2D eigenvalue weighted by Crippen LogP contribution is 2.27. The number of benzene rings is 1. The summed E-state index contributed by atoms with van der Waals surface area (Å²) < 4.78 is 0. The molecule has 0 saturated heterocycles. The number of hydrogen-bond acceptors (Lipinski definition) is 4. The minimum Gasteiger partial charge on any atom is -0.329 e. The normalized spacial score (nSPS) is 21.1. The first-order valence-electron chi connectivity index (χ1n) is 6.93. The Bertz CT molecular complexity index is 627. The second-order valence-corrected chi connectivity index (χ2v) is 5.38. The summed E-state index contributed by atoms with van der Waals surface area (Å²) in [5.74, 6) is -1.97. The van der Waals surface area contributed by atoms with Gasteiger partial charge in [0.25, 0.3) is 11.8 Å². The largest absolute Gasteiger partial charge is 0.336 e. The molecule has 0 bridgehead atoms. The summed E-state index contributed by atoms with van der Waals surface area (Å²) >= 11 is 0. The molecule has 1 aromatic rings. The zero-order valence-electron chi connectivity index (χ0n) is 11.7. The standard InChI is InChI=1S/C16H15NO4/c1-10-6-8-11(9-7-10)16(20)21-17-14(18)12-4-2-3-5-13(12)15(17)19/h2-6,11H,7-9H2,1H3. The van der Waals surface area contributed by atoms with E-state index in [9.17, 15) is 14.4 Å². The maximum absolute atomic E-state index is 12.1. The van der Waals surface area contributed by atoms with Gasteiger partial charge >= 0.3 is 5.97 Å². The number of carbonyl (C=O) groups is 3. The summed E-state index contributed by atoms with van der Waals surface area (Å²) in [6, 6.07) is 6.44. The molecule has 1 aliphatic carbocycles. The molecular weight excluding hydrogens is 270 g/mol. The Labute approximate surface area is 122 Å². The third-order valence-electron chi connectivity index (χ3n) is 3.91. The van der Waals surface area contributed by atoms with E-state index in [0.717, 1.165) is 6.42 Å². The summed E-state index contributed by atoms with van der Waals surface area (Å²) in [6.45, 7) is 2.02. The van der Waals surface area contributed by atoms with Crippen LogP contribution in [0.5, 0.6) is 0 Å². The first-order valence-corrected chi connectivity index (χ1v) is 6.93. The Kier molecular flexibility index (Phi) is 3.33. The van der Waals surface area contributed by atoms with Gasteiger partial charge in [0, 0.05) is 0 Å². The van der Waals surface area contributed by atoms with Crippen LogP contribution in [0.2, 0.25) is 0 Å². The van der Waals surface area contributed by atoms with E-state index in [1.807, 2.05) is 13.0 Å². The predicted molar refractivity (Wildman–Crippen MR) is 74.1 cm³/mol. The Morgan fingerprint density at radius 2 is 1.81 bits per heavy atom. The van der Waals surface area contributed by atoms with Crippen molar-refractivity contribution in [3.8, 4) is 0 Å². The Balaban J connectivity index is 1.74. The molecule has 21 heavy (non-hydrogen) atoms. The third-order valence-corrected chi connectivity index (χ3v) is 3.91. The molecule has 1 unspecified atom stereocenters. The summed E-state index contributed by atoms with van der Waals surface area (Å²) in [4.78, 5) is 41.4. The number of hydrogen-bond donors (Lipinski definition) is 0. The lowest BCUT2D eigenvalue weighted by Gasteiger charge is -2.21. The number of fused-ring (bicyclic) bond motifs is 1. The fourth-order valence-corrected chi connectivity index (χ4v) is 2.59. The van der Waals surface area contributed by atoms with Gasteiger partial charge in [-0.15, -0.1) is 0 Å². The van der Waals surface area contributed by atoms with Crippen molar-refractivity contribution in [3.05, 3.63) is 47.0 Å².